The molecule has 0 unspecified atom stereocenters. The van der Waals surface area contributed by atoms with Gasteiger partial charge >= 0.3 is 0 Å². The van der Waals surface area contributed by atoms with E-state index >= 15 is 0 Å². The van der Waals surface area contributed by atoms with Crippen molar-refractivity contribution in [1.29, 1.82) is 0 Å². The Hall–Kier alpha value is -0.920. The van der Waals surface area contributed by atoms with Crippen LogP contribution in [0.4, 0.5) is 0 Å². The van der Waals surface area contributed by atoms with Crippen LogP contribution in [0.15, 0.2) is 11.6 Å². The molecule has 2 nitrogen and oxygen atoms in total. The molecular weight excluding hydrogens is 152 g/mol. The minimum absolute atomic E-state index is 0.125. The molecule has 0 radical (unpaired) electrons. The molecule has 0 aliphatic heterocycles. The zero-order valence-electron chi connectivity index (χ0n) is 8.60. The number of carbonyl (C=O) groups is 2. The SMILES string of the molecule is CC(=O)C=C(C)C.CCC(C)=O. The average molecular weight is 170 g/mol. The first-order chi connectivity index (χ1) is 5.40. The van der Waals surface area contributed by atoms with Gasteiger partial charge in [0.15, 0.2) is 5.78 Å². The predicted octanol–water partition coefficient (Wildman–Crippen LogP) is 2.53. The summed E-state index contributed by atoms with van der Waals surface area (Å²) >= 11 is 0. The molecule has 0 atom stereocenters. The Morgan fingerprint density at radius 1 is 1.08 bits per heavy atom. The maximum atomic E-state index is 10.2. The van der Waals surface area contributed by atoms with Gasteiger partial charge in [0.1, 0.15) is 5.78 Å². The van der Waals surface area contributed by atoms with E-state index in [1.165, 1.54) is 0 Å². The molecule has 0 aromatic rings. The zero-order valence-corrected chi connectivity index (χ0v) is 8.60. The van der Waals surface area contributed by atoms with Gasteiger partial charge in [0.2, 0.25) is 0 Å². The first kappa shape index (κ1) is 13.7. The van der Waals surface area contributed by atoms with Crippen molar-refractivity contribution in [3.63, 3.8) is 0 Å². The molecule has 0 saturated heterocycles. The monoisotopic (exact) mass is 170 g/mol. The Morgan fingerprint density at radius 3 is 1.42 bits per heavy atom. The van der Waals surface area contributed by atoms with E-state index in [9.17, 15) is 9.59 Å². The number of hydrogen-bond acceptors (Lipinski definition) is 2. The Bertz CT molecular complexity index is 174. The lowest BCUT2D eigenvalue weighted by Gasteiger charge is -1.80. The summed E-state index contributed by atoms with van der Waals surface area (Å²) in [6, 6.07) is 0. The molecule has 0 aromatic carbocycles. The third-order valence-electron chi connectivity index (χ3n) is 0.990. The van der Waals surface area contributed by atoms with Gasteiger partial charge in [-0.25, -0.2) is 0 Å². The minimum Gasteiger partial charge on any atom is -0.300 e. The zero-order chi connectivity index (χ0) is 10.1. The van der Waals surface area contributed by atoms with Crippen LogP contribution < -0.4 is 0 Å². The summed E-state index contributed by atoms with van der Waals surface area (Å²) in [5.74, 6) is 0.380. The molecule has 0 spiro atoms. The average Bonchev–Trinajstić information content (AvgIpc) is 1.85. The highest BCUT2D eigenvalue weighted by atomic mass is 16.1. The number of ketones is 2. The van der Waals surface area contributed by atoms with Gasteiger partial charge in [0.05, 0.1) is 0 Å². The van der Waals surface area contributed by atoms with Gasteiger partial charge < -0.3 is 4.79 Å². The van der Waals surface area contributed by atoms with E-state index in [1.54, 1.807) is 19.9 Å². The fourth-order valence-corrected chi connectivity index (χ4v) is 0.407. The van der Waals surface area contributed by atoms with Gasteiger partial charge in [-0.1, -0.05) is 12.5 Å². The molecule has 2 heteroatoms. The van der Waals surface area contributed by atoms with Crippen molar-refractivity contribution >= 4 is 11.6 Å². The van der Waals surface area contributed by atoms with Crippen molar-refractivity contribution < 1.29 is 9.59 Å². The van der Waals surface area contributed by atoms with Crippen LogP contribution in [0.25, 0.3) is 0 Å². The second-order valence-electron chi connectivity index (χ2n) is 2.89. The summed E-state index contributed by atoms with van der Waals surface area (Å²) in [5, 5.41) is 0. The summed E-state index contributed by atoms with van der Waals surface area (Å²) in [6.45, 7) is 8.79. The fourth-order valence-electron chi connectivity index (χ4n) is 0.407. The van der Waals surface area contributed by atoms with Gasteiger partial charge in [-0.3, -0.25) is 4.79 Å². The van der Waals surface area contributed by atoms with Gasteiger partial charge in [0, 0.05) is 6.42 Å². The summed E-state index contributed by atoms with van der Waals surface area (Å²) < 4.78 is 0. The lowest BCUT2D eigenvalue weighted by Crippen LogP contribution is -1.80. The van der Waals surface area contributed by atoms with Crippen LogP contribution in [0, 0.1) is 0 Å². The Labute approximate surface area is 74.7 Å². The normalized spacial score (nSPS) is 7.75. The highest BCUT2D eigenvalue weighted by Crippen LogP contribution is 1.86. The third kappa shape index (κ3) is 23.0. The number of Topliss-reactive ketones (excluding diaryl/α,β-unsaturated/α-hetero) is 1. The molecule has 0 fully saturated rings. The first-order valence-electron chi connectivity index (χ1n) is 4.05. The van der Waals surface area contributed by atoms with Crippen molar-refractivity contribution in [1.82, 2.24) is 0 Å². The second kappa shape index (κ2) is 8.18. The van der Waals surface area contributed by atoms with Crippen molar-refractivity contribution in [2.75, 3.05) is 0 Å². The Balaban J connectivity index is 0. The lowest BCUT2D eigenvalue weighted by atomic mass is 10.3. The Morgan fingerprint density at radius 2 is 1.42 bits per heavy atom. The van der Waals surface area contributed by atoms with Gasteiger partial charge in [-0.05, 0) is 33.8 Å². The Kier molecular flexibility index (Phi) is 9.31. The number of rotatable bonds is 2. The smallest absolute Gasteiger partial charge is 0.152 e. The minimum atomic E-state index is 0.125. The molecule has 0 aliphatic carbocycles. The van der Waals surface area contributed by atoms with Gasteiger partial charge in [-0.15, -0.1) is 0 Å². The number of carbonyl (C=O) groups excluding carboxylic acids is 2. The molecule has 0 amide bonds. The van der Waals surface area contributed by atoms with Crippen LogP contribution in [0.1, 0.15) is 41.0 Å². The summed E-state index contributed by atoms with van der Waals surface area (Å²) in [6.07, 6.45) is 2.28. The molecule has 70 valence electrons. The van der Waals surface area contributed by atoms with Crippen LogP contribution in [0.2, 0.25) is 0 Å². The standard InChI is InChI=1S/C6H10O.C4H8O/c1-5(2)4-6(3)7;1-3-4(2)5/h4H,1-3H3;3H2,1-2H3. The first-order valence-corrected chi connectivity index (χ1v) is 4.05. The van der Waals surface area contributed by atoms with Crippen LogP contribution >= 0.6 is 0 Å². The van der Waals surface area contributed by atoms with Crippen LogP contribution in [-0.4, -0.2) is 11.6 Å². The summed E-state index contributed by atoms with van der Waals surface area (Å²) in [4.78, 5) is 20.0. The van der Waals surface area contributed by atoms with E-state index in [0.29, 0.717) is 6.42 Å². The molecular formula is C10H18O2. The van der Waals surface area contributed by atoms with E-state index in [4.69, 9.17) is 0 Å². The van der Waals surface area contributed by atoms with E-state index in [-0.39, 0.29) is 11.6 Å². The number of hydrogen-bond donors (Lipinski definition) is 0. The topological polar surface area (TPSA) is 34.1 Å². The molecule has 0 aromatic heterocycles. The van der Waals surface area contributed by atoms with Crippen molar-refractivity contribution in [3.05, 3.63) is 11.6 Å². The maximum absolute atomic E-state index is 10.2. The molecule has 0 heterocycles. The van der Waals surface area contributed by atoms with Crippen LogP contribution in [0.5, 0.6) is 0 Å². The largest absolute Gasteiger partial charge is 0.300 e. The molecule has 0 saturated carbocycles. The third-order valence-corrected chi connectivity index (χ3v) is 0.990. The molecule has 0 rings (SSSR count). The molecule has 0 aliphatic rings. The highest BCUT2D eigenvalue weighted by molar-refractivity contribution is 5.87. The molecule has 0 N–H and O–H groups in total. The fraction of sp³-hybridized carbons (Fsp3) is 0.600. The van der Waals surface area contributed by atoms with E-state index < -0.39 is 0 Å². The molecule has 0 bridgehead atoms. The van der Waals surface area contributed by atoms with E-state index in [0.717, 1.165) is 5.57 Å². The quantitative estimate of drug-likeness (QED) is 0.597. The molecule has 12 heavy (non-hydrogen) atoms. The van der Waals surface area contributed by atoms with E-state index in [2.05, 4.69) is 0 Å². The lowest BCUT2D eigenvalue weighted by molar-refractivity contribution is -0.116. The van der Waals surface area contributed by atoms with Crippen LogP contribution in [0.3, 0.4) is 0 Å². The predicted molar refractivity (Wildman–Crippen MR) is 51.1 cm³/mol. The van der Waals surface area contributed by atoms with Crippen molar-refractivity contribution in [2.45, 2.75) is 41.0 Å². The van der Waals surface area contributed by atoms with Crippen molar-refractivity contribution in [3.8, 4) is 0 Å². The van der Waals surface area contributed by atoms with Gasteiger partial charge in [0.25, 0.3) is 0 Å². The van der Waals surface area contributed by atoms with Gasteiger partial charge in [-0.2, -0.15) is 0 Å². The highest BCUT2D eigenvalue weighted by Gasteiger charge is 1.80. The summed E-state index contributed by atoms with van der Waals surface area (Å²) in [5.41, 5.74) is 1.06. The number of allylic oxidation sites excluding steroid dienone is 2. The van der Waals surface area contributed by atoms with Crippen molar-refractivity contribution in [2.24, 2.45) is 0 Å². The second-order valence-corrected chi connectivity index (χ2v) is 2.89. The van der Waals surface area contributed by atoms with Crippen LogP contribution in [-0.2, 0) is 9.59 Å². The summed E-state index contributed by atoms with van der Waals surface area (Å²) in [7, 11) is 0. The van der Waals surface area contributed by atoms with E-state index in [1.807, 2.05) is 20.8 Å². The maximum Gasteiger partial charge on any atom is 0.152 e.